The van der Waals surface area contributed by atoms with Crippen LogP contribution in [0, 0.1) is 31.1 Å². The molecule has 1 amide bonds. The molecular weight excluding hydrogens is 280 g/mol. The maximum Gasteiger partial charge on any atom is 0.285 e. The molecule has 1 aliphatic carbocycles. The summed E-state index contributed by atoms with van der Waals surface area (Å²) < 4.78 is 1.09. The largest absolute Gasteiger partial charge is 0.351 e. The Morgan fingerprint density at radius 2 is 2.09 bits per heavy atom. The predicted octanol–water partition coefficient (Wildman–Crippen LogP) is 1.43. The molecular formula is C16H22N4O2. The topological polar surface area (TPSA) is 87.8 Å². The lowest BCUT2D eigenvalue weighted by atomic mass is 9.86. The van der Waals surface area contributed by atoms with Crippen LogP contribution in [0.1, 0.15) is 49.4 Å². The molecule has 1 aliphatic rings. The molecule has 0 aliphatic heterocycles. The zero-order valence-electron chi connectivity index (χ0n) is 13.3. The third kappa shape index (κ3) is 3.35. The highest BCUT2D eigenvalue weighted by molar-refractivity contribution is 5.76. The van der Waals surface area contributed by atoms with E-state index in [0.717, 1.165) is 23.9 Å². The first-order chi connectivity index (χ1) is 10.4. The van der Waals surface area contributed by atoms with Crippen molar-refractivity contribution in [2.45, 2.75) is 59.0 Å². The fraction of sp³-hybridized carbons (Fsp3) is 0.625. The molecule has 2 rings (SSSR count). The van der Waals surface area contributed by atoms with Crippen LogP contribution in [0.5, 0.6) is 0 Å². The number of rotatable bonds is 3. The monoisotopic (exact) mass is 302 g/mol. The van der Waals surface area contributed by atoms with Gasteiger partial charge in [-0.15, -0.1) is 0 Å². The summed E-state index contributed by atoms with van der Waals surface area (Å²) in [4.78, 5) is 24.3. The zero-order chi connectivity index (χ0) is 16.3. The Labute approximate surface area is 130 Å². The van der Waals surface area contributed by atoms with Crippen molar-refractivity contribution in [3.63, 3.8) is 0 Å². The molecule has 1 fully saturated rings. The van der Waals surface area contributed by atoms with Gasteiger partial charge in [-0.05, 0) is 38.2 Å². The molecule has 0 spiro atoms. The summed E-state index contributed by atoms with van der Waals surface area (Å²) in [6, 6.07) is 2.07. The fourth-order valence-corrected chi connectivity index (χ4v) is 2.93. The van der Waals surface area contributed by atoms with E-state index in [1.165, 1.54) is 6.42 Å². The highest BCUT2D eigenvalue weighted by atomic mass is 16.2. The van der Waals surface area contributed by atoms with Crippen molar-refractivity contribution in [2.75, 3.05) is 0 Å². The first kappa shape index (κ1) is 16.2. The molecule has 2 atom stereocenters. The van der Waals surface area contributed by atoms with Crippen molar-refractivity contribution >= 4 is 5.91 Å². The number of amides is 1. The van der Waals surface area contributed by atoms with Gasteiger partial charge in [-0.2, -0.15) is 10.4 Å². The maximum atomic E-state index is 12.2. The number of nitriles is 1. The number of carbonyl (C=O) groups excluding carboxylic acids is 1. The number of carbonyl (C=O) groups is 1. The quantitative estimate of drug-likeness (QED) is 0.914. The van der Waals surface area contributed by atoms with Crippen LogP contribution in [0.2, 0.25) is 0 Å². The number of nitrogens with zero attached hydrogens (tertiary/aromatic N) is 3. The van der Waals surface area contributed by atoms with Crippen molar-refractivity contribution in [3.05, 3.63) is 27.2 Å². The van der Waals surface area contributed by atoms with Crippen LogP contribution < -0.4 is 10.9 Å². The van der Waals surface area contributed by atoms with Crippen LogP contribution in [0.3, 0.4) is 0 Å². The van der Waals surface area contributed by atoms with E-state index in [4.69, 9.17) is 5.26 Å². The second kappa shape index (κ2) is 6.73. The average molecular weight is 302 g/mol. The summed E-state index contributed by atoms with van der Waals surface area (Å²) in [6.45, 7) is 5.42. The van der Waals surface area contributed by atoms with Gasteiger partial charge in [0.25, 0.3) is 5.56 Å². The van der Waals surface area contributed by atoms with E-state index in [2.05, 4.69) is 17.3 Å². The molecule has 6 nitrogen and oxygen atoms in total. The lowest BCUT2D eigenvalue weighted by molar-refractivity contribution is -0.123. The van der Waals surface area contributed by atoms with E-state index in [-0.39, 0.29) is 24.1 Å². The lowest BCUT2D eigenvalue weighted by Crippen LogP contribution is -2.44. The SMILES string of the molecule is Cc1nn(CC(=O)N[C@@H]2CCCC[C@@H]2C)c(=O)c(C#N)c1C. The third-order valence-corrected chi connectivity index (χ3v) is 4.50. The minimum absolute atomic E-state index is 0.0614. The predicted molar refractivity (Wildman–Crippen MR) is 82.2 cm³/mol. The van der Waals surface area contributed by atoms with Crippen LogP contribution in [0.25, 0.3) is 0 Å². The van der Waals surface area contributed by atoms with Crippen LogP contribution in [0.15, 0.2) is 4.79 Å². The summed E-state index contributed by atoms with van der Waals surface area (Å²) in [5.74, 6) is 0.234. The summed E-state index contributed by atoms with van der Waals surface area (Å²) >= 11 is 0. The first-order valence-corrected chi connectivity index (χ1v) is 7.71. The van der Waals surface area contributed by atoms with Gasteiger partial charge in [0, 0.05) is 6.04 Å². The second-order valence-corrected chi connectivity index (χ2v) is 6.10. The van der Waals surface area contributed by atoms with Crippen LogP contribution >= 0.6 is 0 Å². The van der Waals surface area contributed by atoms with Crippen molar-refractivity contribution in [2.24, 2.45) is 5.92 Å². The summed E-state index contributed by atoms with van der Waals surface area (Å²) in [6.07, 6.45) is 4.42. The zero-order valence-corrected chi connectivity index (χ0v) is 13.3. The van der Waals surface area contributed by atoms with Gasteiger partial charge < -0.3 is 5.32 Å². The molecule has 1 aromatic rings. The number of hydrogen-bond acceptors (Lipinski definition) is 4. The minimum Gasteiger partial charge on any atom is -0.351 e. The highest BCUT2D eigenvalue weighted by Gasteiger charge is 2.23. The van der Waals surface area contributed by atoms with E-state index in [1.807, 2.05) is 6.07 Å². The Morgan fingerprint density at radius 3 is 2.73 bits per heavy atom. The highest BCUT2D eigenvalue weighted by Crippen LogP contribution is 2.23. The molecule has 0 unspecified atom stereocenters. The van der Waals surface area contributed by atoms with Crippen molar-refractivity contribution in [3.8, 4) is 6.07 Å². The molecule has 22 heavy (non-hydrogen) atoms. The van der Waals surface area contributed by atoms with Gasteiger partial charge in [-0.1, -0.05) is 19.8 Å². The van der Waals surface area contributed by atoms with Crippen molar-refractivity contribution in [1.82, 2.24) is 15.1 Å². The van der Waals surface area contributed by atoms with Gasteiger partial charge >= 0.3 is 0 Å². The van der Waals surface area contributed by atoms with Gasteiger partial charge in [0.2, 0.25) is 5.91 Å². The Kier molecular flexibility index (Phi) is 4.96. The van der Waals surface area contributed by atoms with Gasteiger partial charge in [0.15, 0.2) is 0 Å². The van der Waals surface area contributed by atoms with Crippen molar-refractivity contribution in [1.29, 1.82) is 5.26 Å². The molecule has 0 radical (unpaired) electrons. The number of hydrogen-bond donors (Lipinski definition) is 1. The van der Waals surface area contributed by atoms with Gasteiger partial charge in [-0.3, -0.25) is 9.59 Å². The molecule has 1 heterocycles. The number of nitrogens with one attached hydrogen (secondary N) is 1. The number of aromatic nitrogens is 2. The average Bonchev–Trinajstić information content (AvgIpc) is 2.48. The van der Waals surface area contributed by atoms with E-state index >= 15 is 0 Å². The van der Waals surface area contributed by atoms with Crippen LogP contribution in [-0.4, -0.2) is 21.7 Å². The Morgan fingerprint density at radius 1 is 1.41 bits per heavy atom. The summed E-state index contributed by atoms with van der Waals surface area (Å²) in [7, 11) is 0. The second-order valence-electron chi connectivity index (χ2n) is 6.10. The minimum atomic E-state index is -0.502. The summed E-state index contributed by atoms with van der Waals surface area (Å²) in [5.41, 5.74) is 0.726. The molecule has 1 N–H and O–H groups in total. The summed E-state index contributed by atoms with van der Waals surface area (Å²) in [5, 5.41) is 16.2. The van der Waals surface area contributed by atoms with E-state index in [0.29, 0.717) is 17.2 Å². The maximum absolute atomic E-state index is 12.2. The Balaban J connectivity index is 2.14. The molecule has 0 bridgehead atoms. The fourth-order valence-electron chi connectivity index (χ4n) is 2.93. The van der Waals surface area contributed by atoms with E-state index in [1.54, 1.807) is 13.8 Å². The standard InChI is InChI=1S/C16H22N4O2/c1-10-6-4-5-7-14(10)18-15(21)9-20-16(22)13(8-17)11(2)12(3)19-20/h10,14H,4-7,9H2,1-3H3,(H,18,21)/t10-,14+/m0/s1. The van der Waals surface area contributed by atoms with Gasteiger partial charge in [0.05, 0.1) is 5.69 Å². The lowest BCUT2D eigenvalue weighted by Gasteiger charge is -2.29. The molecule has 1 saturated carbocycles. The smallest absolute Gasteiger partial charge is 0.285 e. The van der Waals surface area contributed by atoms with E-state index < -0.39 is 5.56 Å². The Bertz CT molecular complexity index is 672. The molecule has 118 valence electrons. The van der Waals surface area contributed by atoms with E-state index in [9.17, 15) is 9.59 Å². The number of aryl methyl sites for hydroxylation is 1. The van der Waals surface area contributed by atoms with Crippen LogP contribution in [-0.2, 0) is 11.3 Å². The van der Waals surface area contributed by atoms with Crippen molar-refractivity contribution < 1.29 is 4.79 Å². The third-order valence-electron chi connectivity index (χ3n) is 4.50. The molecule has 1 aromatic heterocycles. The Hall–Kier alpha value is -2.16. The molecule has 0 saturated heterocycles. The molecule has 6 heteroatoms. The molecule has 0 aromatic carbocycles. The normalized spacial score (nSPS) is 21.2. The first-order valence-electron chi connectivity index (χ1n) is 7.71. The van der Waals surface area contributed by atoms with Gasteiger partial charge in [-0.25, -0.2) is 4.68 Å². The van der Waals surface area contributed by atoms with Gasteiger partial charge in [0.1, 0.15) is 18.2 Å². The van der Waals surface area contributed by atoms with Crippen LogP contribution in [0.4, 0.5) is 0 Å².